The van der Waals surface area contributed by atoms with Crippen LogP contribution in [0.3, 0.4) is 0 Å². The number of likely N-dealkylation sites (tertiary alicyclic amines) is 2. The number of amides is 2. The first-order valence-electron chi connectivity index (χ1n) is 13.1. The van der Waals surface area contributed by atoms with Crippen LogP contribution in [0.15, 0.2) is 28.7 Å². The number of benzene rings is 1. The molecule has 1 aromatic carbocycles. The molecule has 9 heteroatoms. The normalized spacial score (nSPS) is 22.5. The maximum atomic E-state index is 13.2. The van der Waals surface area contributed by atoms with Gasteiger partial charge in [0.05, 0.1) is 25.8 Å². The largest absolute Gasteiger partial charge is 0.423 e. The highest BCUT2D eigenvalue weighted by molar-refractivity contribution is 5.94. The Morgan fingerprint density at radius 2 is 1.83 bits per heavy atom. The molecule has 0 N–H and O–H groups in total. The van der Waals surface area contributed by atoms with Crippen molar-refractivity contribution in [2.45, 2.75) is 52.0 Å². The maximum absolute atomic E-state index is 13.2. The predicted octanol–water partition coefficient (Wildman–Crippen LogP) is 3.03. The first-order chi connectivity index (χ1) is 17.3. The van der Waals surface area contributed by atoms with Gasteiger partial charge >= 0.3 is 0 Å². The summed E-state index contributed by atoms with van der Waals surface area (Å²) in [5.74, 6) is 1.60. The molecule has 1 unspecified atom stereocenters. The van der Waals surface area contributed by atoms with Crippen LogP contribution in [0.5, 0.6) is 0 Å². The van der Waals surface area contributed by atoms with E-state index < -0.39 is 0 Å². The van der Waals surface area contributed by atoms with E-state index in [9.17, 15) is 9.59 Å². The molecule has 2 aromatic rings. The van der Waals surface area contributed by atoms with Gasteiger partial charge in [0, 0.05) is 44.2 Å². The highest BCUT2D eigenvalue weighted by Gasteiger charge is 2.49. The molecule has 1 aromatic heterocycles. The lowest BCUT2D eigenvalue weighted by atomic mass is 9.76. The third-order valence-electron chi connectivity index (χ3n) is 7.92. The number of ether oxygens (including phenoxy) is 1. The second-order valence-electron chi connectivity index (χ2n) is 10.9. The summed E-state index contributed by atoms with van der Waals surface area (Å²) >= 11 is 0. The van der Waals surface area contributed by atoms with Crippen LogP contribution < -0.4 is 0 Å². The average molecular weight is 496 g/mol. The quantitative estimate of drug-likeness (QED) is 0.630. The summed E-state index contributed by atoms with van der Waals surface area (Å²) < 4.78 is 11.5. The Morgan fingerprint density at radius 1 is 1.08 bits per heavy atom. The smallest absolute Gasteiger partial charge is 0.253 e. The maximum Gasteiger partial charge on any atom is 0.253 e. The summed E-state index contributed by atoms with van der Waals surface area (Å²) in [4.78, 5) is 32.4. The summed E-state index contributed by atoms with van der Waals surface area (Å²) in [6.07, 6.45) is 2.65. The lowest BCUT2D eigenvalue weighted by molar-refractivity contribution is -0.136. The fourth-order valence-electron chi connectivity index (χ4n) is 5.76. The van der Waals surface area contributed by atoms with Gasteiger partial charge in [-0.25, -0.2) is 0 Å². The minimum atomic E-state index is -0.0889. The van der Waals surface area contributed by atoms with Crippen LogP contribution in [0.4, 0.5) is 0 Å². The summed E-state index contributed by atoms with van der Waals surface area (Å²) in [5, 5.41) is 8.66. The molecule has 194 valence electrons. The van der Waals surface area contributed by atoms with Crippen molar-refractivity contribution in [1.29, 1.82) is 0 Å². The van der Waals surface area contributed by atoms with E-state index in [-0.39, 0.29) is 29.2 Å². The van der Waals surface area contributed by atoms with Crippen LogP contribution in [-0.4, -0.2) is 89.2 Å². The number of aryl methyl sites for hydroxylation is 1. The van der Waals surface area contributed by atoms with Crippen LogP contribution in [0, 0.1) is 12.3 Å². The zero-order valence-electron chi connectivity index (χ0n) is 21.6. The number of carbonyl (C=O) groups excluding carboxylic acids is 2. The third-order valence-corrected chi connectivity index (χ3v) is 7.92. The van der Waals surface area contributed by atoms with Crippen molar-refractivity contribution in [2.24, 2.45) is 5.41 Å². The van der Waals surface area contributed by atoms with Crippen molar-refractivity contribution in [1.82, 2.24) is 24.9 Å². The first kappa shape index (κ1) is 24.9. The van der Waals surface area contributed by atoms with Crippen LogP contribution in [0.2, 0.25) is 0 Å². The number of aromatic nitrogens is 2. The van der Waals surface area contributed by atoms with E-state index in [1.165, 1.54) is 0 Å². The number of hydrogen-bond donors (Lipinski definition) is 0. The van der Waals surface area contributed by atoms with Gasteiger partial charge in [0.25, 0.3) is 5.91 Å². The van der Waals surface area contributed by atoms with E-state index in [2.05, 4.69) is 15.1 Å². The van der Waals surface area contributed by atoms with E-state index in [1.54, 1.807) is 0 Å². The first-order valence-corrected chi connectivity index (χ1v) is 13.1. The van der Waals surface area contributed by atoms with Gasteiger partial charge in [-0.3, -0.25) is 14.5 Å². The number of rotatable bonds is 5. The monoisotopic (exact) mass is 495 g/mol. The van der Waals surface area contributed by atoms with Gasteiger partial charge in [-0.05, 0) is 43.7 Å². The topological polar surface area (TPSA) is 92.0 Å². The summed E-state index contributed by atoms with van der Waals surface area (Å²) in [6.45, 7) is 11.1. The van der Waals surface area contributed by atoms with Gasteiger partial charge in [-0.1, -0.05) is 31.5 Å². The SMILES string of the molecule is Cc1cccc(C(=O)N2CCC3(CC2)CC(c2nnc(C(C)C)o2)N(CC(=O)N2CCOCC2)C3)c1. The van der Waals surface area contributed by atoms with E-state index in [1.807, 2.05) is 54.8 Å². The average Bonchev–Trinajstić information content (AvgIpc) is 3.50. The molecule has 5 rings (SSSR count). The van der Waals surface area contributed by atoms with Gasteiger partial charge in [-0.15, -0.1) is 10.2 Å². The van der Waals surface area contributed by atoms with Gasteiger partial charge < -0.3 is 19.0 Å². The predicted molar refractivity (Wildman–Crippen MR) is 133 cm³/mol. The standard InChI is InChI=1S/C27H37N5O4/c1-19(2)24-28-29-25(36-24)22-16-27(18-32(22)17-23(33)30-11-13-35-14-12-30)7-9-31(10-8-27)26(34)21-6-4-5-20(3)15-21/h4-6,15,19,22H,7-14,16-18H2,1-3H3. The highest BCUT2D eigenvalue weighted by atomic mass is 16.5. The molecule has 36 heavy (non-hydrogen) atoms. The van der Waals surface area contributed by atoms with Crippen molar-refractivity contribution in [3.63, 3.8) is 0 Å². The molecule has 0 bridgehead atoms. The molecule has 1 spiro atoms. The van der Waals surface area contributed by atoms with Crippen LogP contribution in [-0.2, 0) is 9.53 Å². The Morgan fingerprint density at radius 3 is 2.50 bits per heavy atom. The minimum absolute atomic E-state index is 0.0196. The Labute approximate surface area is 212 Å². The zero-order chi connectivity index (χ0) is 25.3. The number of hydrogen-bond acceptors (Lipinski definition) is 7. The fraction of sp³-hybridized carbons (Fsp3) is 0.630. The molecular formula is C27H37N5O4. The van der Waals surface area contributed by atoms with Crippen molar-refractivity contribution in [2.75, 3.05) is 52.5 Å². The molecular weight excluding hydrogens is 458 g/mol. The van der Waals surface area contributed by atoms with Crippen LogP contribution in [0.25, 0.3) is 0 Å². The molecule has 3 aliphatic heterocycles. The number of morpholine rings is 1. The van der Waals surface area contributed by atoms with Gasteiger partial charge in [0.2, 0.25) is 17.7 Å². The summed E-state index contributed by atoms with van der Waals surface area (Å²) in [5.41, 5.74) is 1.86. The minimum Gasteiger partial charge on any atom is -0.423 e. The van der Waals surface area contributed by atoms with Crippen molar-refractivity contribution >= 4 is 11.8 Å². The van der Waals surface area contributed by atoms with E-state index in [0.29, 0.717) is 57.7 Å². The number of piperidine rings is 1. The summed E-state index contributed by atoms with van der Waals surface area (Å²) in [6, 6.07) is 7.71. The second-order valence-corrected chi connectivity index (χ2v) is 10.9. The molecule has 3 aliphatic rings. The molecule has 3 fully saturated rings. The number of nitrogens with zero attached hydrogens (tertiary/aromatic N) is 5. The Bertz CT molecular complexity index is 1090. The Balaban J connectivity index is 1.30. The lowest BCUT2D eigenvalue weighted by Crippen LogP contribution is -2.47. The molecule has 0 aliphatic carbocycles. The Hall–Kier alpha value is -2.78. The van der Waals surface area contributed by atoms with E-state index >= 15 is 0 Å². The van der Waals surface area contributed by atoms with Gasteiger partial charge in [-0.2, -0.15) is 0 Å². The Kier molecular flexibility index (Phi) is 7.12. The van der Waals surface area contributed by atoms with Crippen LogP contribution >= 0.6 is 0 Å². The summed E-state index contributed by atoms with van der Waals surface area (Å²) in [7, 11) is 0. The second kappa shape index (κ2) is 10.3. The number of carbonyl (C=O) groups is 2. The van der Waals surface area contributed by atoms with Crippen molar-refractivity contribution < 1.29 is 18.7 Å². The molecule has 9 nitrogen and oxygen atoms in total. The van der Waals surface area contributed by atoms with Crippen LogP contribution in [0.1, 0.15) is 72.8 Å². The lowest BCUT2D eigenvalue weighted by Gasteiger charge is -2.39. The molecule has 3 saturated heterocycles. The van der Waals surface area contributed by atoms with E-state index in [4.69, 9.17) is 9.15 Å². The molecule has 0 radical (unpaired) electrons. The van der Waals surface area contributed by atoms with Crippen molar-refractivity contribution in [3.8, 4) is 0 Å². The zero-order valence-corrected chi connectivity index (χ0v) is 21.6. The molecule has 1 atom stereocenters. The molecule has 4 heterocycles. The molecule has 2 amide bonds. The van der Waals surface area contributed by atoms with Gasteiger partial charge in [0.15, 0.2) is 0 Å². The highest BCUT2D eigenvalue weighted by Crippen LogP contribution is 2.49. The van der Waals surface area contributed by atoms with Gasteiger partial charge in [0.1, 0.15) is 0 Å². The van der Waals surface area contributed by atoms with E-state index in [0.717, 1.165) is 36.9 Å². The van der Waals surface area contributed by atoms with Crippen molar-refractivity contribution in [3.05, 3.63) is 47.2 Å². The molecule has 0 saturated carbocycles. The third kappa shape index (κ3) is 5.18. The fourth-order valence-corrected chi connectivity index (χ4v) is 5.76.